The van der Waals surface area contributed by atoms with Crippen molar-refractivity contribution in [3.05, 3.63) is 69.8 Å². The highest BCUT2D eigenvalue weighted by molar-refractivity contribution is 6.09. The Balaban J connectivity index is 1.29. The number of phenolic OH excluding ortho intramolecular Hbond substituents is 11. The van der Waals surface area contributed by atoms with Gasteiger partial charge in [0.15, 0.2) is 64.0 Å². The predicted octanol–water partition coefficient (Wildman–Crippen LogP) is -1.10. The van der Waals surface area contributed by atoms with E-state index in [9.17, 15) is 100 Å². The highest BCUT2D eigenvalue weighted by atomic mass is 16.8. The van der Waals surface area contributed by atoms with E-state index < -0.39 is 204 Å². The fraction of sp³-hybridized carbons (Fsp3) is 0.220. The van der Waals surface area contributed by atoms with E-state index in [2.05, 4.69) is 0 Å². The van der Waals surface area contributed by atoms with Crippen LogP contribution in [0.4, 0.5) is 0 Å². The first-order valence-electron chi connectivity index (χ1n) is 19.1. The predicted molar refractivity (Wildman–Crippen MR) is 204 cm³/mol. The Morgan fingerprint density at radius 1 is 0.574 bits per heavy atom. The summed E-state index contributed by atoms with van der Waals surface area (Å²) >= 11 is 0. The van der Waals surface area contributed by atoms with Gasteiger partial charge in [-0.25, -0.2) is 24.0 Å². The zero-order chi connectivity index (χ0) is 49.4. The van der Waals surface area contributed by atoms with E-state index in [1.165, 1.54) is 0 Å². The number of ketones is 1. The lowest BCUT2D eigenvalue weighted by atomic mass is 9.74. The van der Waals surface area contributed by atoms with Crippen LogP contribution in [0.15, 0.2) is 42.0 Å². The van der Waals surface area contributed by atoms with Crippen molar-refractivity contribution in [3.63, 3.8) is 0 Å². The van der Waals surface area contributed by atoms with Crippen LogP contribution in [-0.4, -0.2) is 156 Å². The Bertz CT molecular complexity index is 3020. The van der Waals surface area contributed by atoms with Crippen molar-refractivity contribution in [2.75, 3.05) is 6.61 Å². The molecule has 1 saturated heterocycles. The van der Waals surface area contributed by atoms with Crippen LogP contribution in [0.1, 0.15) is 52.9 Å². The number of hydrogen-bond acceptors (Lipinski definition) is 27. The molecule has 0 aromatic heterocycles. The van der Waals surface area contributed by atoms with E-state index in [-0.39, 0.29) is 6.08 Å². The van der Waals surface area contributed by atoms with Crippen molar-refractivity contribution < 1.29 is 133 Å². The Labute approximate surface area is 373 Å². The van der Waals surface area contributed by atoms with Crippen molar-refractivity contribution in [2.24, 2.45) is 0 Å². The minimum Gasteiger partial charge on any atom is -0.504 e. The Hall–Kier alpha value is -8.92. The maximum absolute atomic E-state index is 14.6. The number of esters is 5. The first-order chi connectivity index (χ1) is 31.9. The molecule has 0 radical (unpaired) electrons. The number of carbonyl (C=O) groups excluding carboxylic acids is 6. The Morgan fingerprint density at radius 3 is 1.68 bits per heavy atom. The maximum Gasteiger partial charge on any atom is 0.340 e. The van der Waals surface area contributed by atoms with E-state index in [1.807, 2.05) is 0 Å². The summed E-state index contributed by atoms with van der Waals surface area (Å²) < 4.78 is 39.1. The van der Waals surface area contributed by atoms with Crippen LogP contribution < -0.4 is 4.74 Å². The van der Waals surface area contributed by atoms with Crippen molar-refractivity contribution >= 4 is 35.6 Å². The van der Waals surface area contributed by atoms with Crippen LogP contribution in [0.3, 0.4) is 0 Å². The van der Waals surface area contributed by atoms with Crippen LogP contribution in [-0.2, 0) is 38.0 Å². The van der Waals surface area contributed by atoms with Crippen molar-refractivity contribution in [1.29, 1.82) is 0 Å². The second-order valence-electron chi connectivity index (χ2n) is 15.5. The zero-order valence-electron chi connectivity index (χ0n) is 33.2. The third-order valence-electron chi connectivity index (χ3n) is 11.5. The highest BCUT2D eigenvalue weighted by Gasteiger charge is 2.70. The average Bonchev–Trinajstić information content (AvgIpc) is 3.61. The van der Waals surface area contributed by atoms with Gasteiger partial charge in [-0.15, -0.1) is 0 Å². The van der Waals surface area contributed by atoms with E-state index in [0.29, 0.717) is 30.3 Å². The minimum atomic E-state index is -4.03. The zero-order valence-corrected chi connectivity index (χ0v) is 33.2. The molecule has 354 valence electrons. The van der Waals surface area contributed by atoms with Gasteiger partial charge in [-0.05, 0) is 36.4 Å². The van der Waals surface area contributed by atoms with E-state index in [1.54, 1.807) is 0 Å². The number of carbonyl (C=O) groups is 6. The van der Waals surface area contributed by atoms with Crippen LogP contribution in [0.25, 0.3) is 11.1 Å². The SMILES string of the molecule is O=C1O[C@@H]2C(OC(=O)c3cc(O)c(O)c(O)c3)O[C@H]3COC(=O)c4cc(O)c(O)c(O)c4-c4c(cc(O)c(O)c4O)C(=O)O[C@@H]2[C@H]3OC(=O)c2cc(O)c(O)c3c2C2C1=CC(=O)C(O)(O)C2(O)O3. The van der Waals surface area contributed by atoms with Gasteiger partial charge < -0.3 is 105 Å². The normalized spacial score (nSPS) is 25.7. The average molecular weight is 953 g/mol. The summed E-state index contributed by atoms with van der Waals surface area (Å²) in [4.78, 5) is 84.7. The number of benzene rings is 4. The molecule has 4 aliphatic heterocycles. The Kier molecular flexibility index (Phi) is 9.64. The molecule has 4 aromatic carbocycles. The van der Waals surface area contributed by atoms with Crippen LogP contribution in [0, 0.1) is 0 Å². The molecule has 27 nitrogen and oxygen atoms in total. The van der Waals surface area contributed by atoms with Gasteiger partial charge in [-0.2, -0.15) is 0 Å². The number of cyclic esters (lactones) is 1. The van der Waals surface area contributed by atoms with E-state index >= 15 is 0 Å². The van der Waals surface area contributed by atoms with Crippen LogP contribution in [0.5, 0.6) is 69.0 Å². The van der Waals surface area contributed by atoms with Crippen LogP contribution >= 0.6 is 0 Å². The third-order valence-corrected chi connectivity index (χ3v) is 11.5. The quantitative estimate of drug-likeness (QED) is 0.0491. The molecule has 68 heavy (non-hydrogen) atoms. The molecular weight excluding hydrogens is 924 g/mol. The molecule has 0 saturated carbocycles. The molecule has 4 bridgehead atoms. The number of hydrogen-bond donors (Lipinski definition) is 14. The summed E-state index contributed by atoms with van der Waals surface area (Å²) in [5.74, 6) is -36.3. The largest absolute Gasteiger partial charge is 0.504 e. The summed E-state index contributed by atoms with van der Waals surface area (Å²) in [5, 5.41) is 150. The lowest BCUT2D eigenvalue weighted by Gasteiger charge is -2.44. The van der Waals surface area contributed by atoms with Gasteiger partial charge >= 0.3 is 29.8 Å². The number of aliphatic hydroxyl groups is 3. The van der Waals surface area contributed by atoms with Gasteiger partial charge in [-0.1, -0.05) is 0 Å². The topological polar surface area (TPSA) is 450 Å². The van der Waals surface area contributed by atoms with Crippen molar-refractivity contribution in [3.8, 4) is 80.1 Å². The fourth-order valence-electron chi connectivity index (χ4n) is 8.26. The molecule has 7 atom stereocenters. The standard InChI is InChI=1S/C41H28O27/c42-13-1-8(2-14(43)24(13)48)34(54)67-39-33-32-30(64-37(57)11-5-17(46)27(51)31-22(11)23-12(38(58)66-33)6-19(47)40(59,60)41(23,61)68-31)18(63-39)7-62-35(55)9-3-15(44)25(49)28(52)20(9)21-10(36(56)65-32)4-16(45)26(50)29(21)53/h1-6,18,23,30,32-33,39,42-46,48-53,59-61H,7H2/t18-,23?,30-,32+,33-,39?,41?/m0/s1. The molecule has 9 rings (SSSR count). The first-order valence-corrected chi connectivity index (χ1v) is 19.1. The molecule has 0 spiro atoms. The number of phenols is 11. The van der Waals surface area contributed by atoms with E-state index in [0.717, 1.165) is 0 Å². The summed E-state index contributed by atoms with van der Waals surface area (Å²) in [6.45, 7) is -1.29. The molecule has 1 fully saturated rings. The monoisotopic (exact) mass is 952 g/mol. The lowest BCUT2D eigenvalue weighted by molar-refractivity contribution is -0.323. The van der Waals surface area contributed by atoms with Gasteiger partial charge in [0.25, 0.3) is 11.6 Å². The van der Waals surface area contributed by atoms with Crippen LogP contribution in [0.2, 0.25) is 0 Å². The molecule has 27 heteroatoms. The second kappa shape index (κ2) is 14.8. The maximum atomic E-state index is 14.6. The number of aromatic hydroxyl groups is 11. The van der Waals surface area contributed by atoms with Gasteiger partial charge in [0.2, 0.25) is 35.4 Å². The van der Waals surface area contributed by atoms with Crippen molar-refractivity contribution in [2.45, 2.75) is 48.2 Å². The smallest absolute Gasteiger partial charge is 0.340 e. The van der Waals surface area contributed by atoms with Crippen molar-refractivity contribution in [1.82, 2.24) is 0 Å². The summed E-state index contributed by atoms with van der Waals surface area (Å²) in [7, 11) is 0. The molecule has 14 N–H and O–H groups in total. The molecule has 0 amide bonds. The summed E-state index contributed by atoms with van der Waals surface area (Å²) in [6.07, 6.45) is -12.1. The van der Waals surface area contributed by atoms with E-state index in [4.69, 9.17) is 33.2 Å². The minimum absolute atomic E-state index is 0.182. The molecule has 1 aliphatic carbocycles. The second-order valence-corrected chi connectivity index (χ2v) is 15.5. The van der Waals surface area contributed by atoms with Gasteiger partial charge in [0.1, 0.15) is 12.7 Å². The molecule has 4 heterocycles. The van der Waals surface area contributed by atoms with Gasteiger partial charge in [-0.3, -0.25) is 4.79 Å². The lowest BCUT2D eigenvalue weighted by Crippen LogP contribution is -2.66. The fourth-order valence-corrected chi connectivity index (χ4v) is 8.26. The first kappa shape index (κ1) is 44.3. The number of ether oxygens (including phenoxy) is 7. The summed E-state index contributed by atoms with van der Waals surface area (Å²) in [5.41, 5.74) is -8.23. The molecular formula is C41H28O27. The van der Waals surface area contributed by atoms with Gasteiger partial charge in [0, 0.05) is 16.7 Å². The molecule has 3 unspecified atom stereocenters. The molecule has 5 aliphatic rings. The van der Waals surface area contributed by atoms with Gasteiger partial charge in [0.05, 0.1) is 33.7 Å². The number of fused-ring (bicyclic) bond motifs is 3. The highest BCUT2D eigenvalue weighted by Crippen LogP contribution is 2.60. The number of rotatable bonds is 2. The third kappa shape index (κ3) is 6.21. The summed E-state index contributed by atoms with van der Waals surface area (Å²) in [6, 6.07) is 2.38. The Morgan fingerprint density at radius 2 is 1.07 bits per heavy atom. The molecule has 4 aromatic rings.